The Morgan fingerprint density at radius 2 is 1.84 bits per heavy atom. The number of ether oxygens (including phenoxy) is 1. The van der Waals surface area contributed by atoms with E-state index in [0.717, 1.165) is 0 Å². The first-order chi connectivity index (χ1) is 9.02. The molecule has 3 nitrogen and oxygen atoms in total. The standard InChI is InChI=1S/C14H10ClFO3/c1-19-14(18)10-4-2-8(6-12(10)16)9-3-5-11(15)13(17)7-9/h2-7,17H,1H3. The van der Waals surface area contributed by atoms with E-state index in [1.54, 1.807) is 12.1 Å². The Kier molecular flexibility index (Phi) is 3.71. The van der Waals surface area contributed by atoms with Crippen molar-refractivity contribution in [3.05, 3.63) is 52.8 Å². The van der Waals surface area contributed by atoms with E-state index >= 15 is 0 Å². The lowest BCUT2D eigenvalue weighted by Gasteiger charge is -2.06. The first-order valence-corrected chi connectivity index (χ1v) is 5.77. The van der Waals surface area contributed by atoms with Gasteiger partial charge in [0, 0.05) is 0 Å². The molecular weight excluding hydrogens is 271 g/mol. The van der Waals surface area contributed by atoms with Crippen LogP contribution in [0.3, 0.4) is 0 Å². The van der Waals surface area contributed by atoms with Crippen LogP contribution in [-0.2, 0) is 4.74 Å². The van der Waals surface area contributed by atoms with E-state index in [9.17, 15) is 14.3 Å². The van der Waals surface area contributed by atoms with Crippen molar-refractivity contribution >= 4 is 17.6 Å². The molecule has 0 spiro atoms. The van der Waals surface area contributed by atoms with Crippen LogP contribution < -0.4 is 0 Å². The molecule has 0 fully saturated rings. The van der Waals surface area contributed by atoms with Crippen molar-refractivity contribution in [3.8, 4) is 16.9 Å². The normalized spacial score (nSPS) is 10.3. The number of hydrogen-bond donors (Lipinski definition) is 1. The molecule has 1 N–H and O–H groups in total. The second kappa shape index (κ2) is 5.28. The van der Waals surface area contributed by atoms with Crippen LogP contribution in [0.25, 0.3) is 11.1 Å². The molecule has 0 unspecified atom stereocenters. The molecule has 0 heterocycles. The number of halogens is 2. The van der Waals surface area contributed by atoms with Crippen LogP contribution in [0, 0.1) is 5.82 Å². The summed E-state index contributed by atoms with van der Waals surface area (Å²) < 4.78 is 18.2. The van der Waals surface area contributed by atoms with Gasteiger partial charge >= 0.3 is 5.97 Å². The maximum atomic E-state index is 13.8. The Morgan fingerprint density at radius 1 is 1.21 bits per heavy atom. The number of aromatic hydroxyl groups is 1. The number of hydrogen-bond acceptors (Lipinski definition) is 3. The zero-order valence-corrected chi connectivity index (χ0v) is 10.7. The van der Waals surface area contributed by atoms with Crippen molar-refractivity contribution < 1.29 is 19.0 Å². The van der Waals surface area contributed by atoms with E-state index in [1.165, 1.54) is 31.4 Å². The maximum absolute atomic E-state index is 13.8. The monoisotopic (exact) mass is 280 g/mol. The lowest BCUT2D eigenvalue weighted by atomic mass is 10.0. The van der Waals surface area contributed by atoms with Gasteiger partial charge in [-0.2, -0.15) is 0 Å². The predicted octanol–water partition coefficient (Wildman–Crippen LogP) is 3.64. The predicted molar refractivity (Wildman–Crippen MR) is 69.9 cm³/mol. The van der Waals surface area contributed by atoms with Gasteiger partial charge in [-0.05, 0) is 35.4 Å². The molecule has 0 aliphatic heterocycles. The lowest BCUT2D eigenvalue weighted by molar-refractivity contribution is 0.0595. The third-order valence-corrected chi connectivity index (χ3v) is 2.97. The van der Waals surface area contributed by atoms with Crippen molar-refractivity contribution in [3.63, 3.8) is 0 Å². The quantitative estimate of drug-likeness (QED) is 0.854. The highest BCUT2D eigenvalue weighted by molar-refractivity contribution is 6.32. The molecule has 0 saturated carbocycles. The number of rotatable bonds is 2. The third kappa shape index (κ3) is 2.69. The topological polar surface area (TPSA) is 46.5 Å². The Bertz CT molecular complexity index is 641. The summed E-state index contributed by atoms with van der Waals surface area (Å²) in [6.07, 6.45) is 0. The highest BCUT2D eigenvalue weighted by atomic mass is 35.5. The lowest BCUT2D eigenvalue weighted by Crippen LogP contribution is -2.04. The molecule has 0 aliphatic rings. The maximum Gasteiger partial charge on any atom is 0.340 e. The largest absolute Gasteiger partial charge is 0.506 e. The van der Waals surface area contributed by atoms with Gasteiger partial charge < -0.3 is 9.84 Å². The molecule has 19 heavy (non-hydrogen) atoms. The van der Waals surface area contributed by atoms with E-state index in [2.05, 4.69) is 4.74 Å². The minimum absolute atomic E-state index is 0.0865. The molecule has 0 aliphatic carbocycles. The molecule has 0 amide bonds. The van der Waals surface area contributed by atoms with Crippen molar-refractivity contribution in [2.75, 3.05) is 7.11 Å². The first kappa shape index (κ1) is 13.4. The van der Waals surface area contributed by atoms with Crippen molar-refractivity contribution in [1.29, 1.82) is 0 Å². The zero-order valence-electron chi connectivity index (χ0n) is 9.98. The fraction of sp³-hybridized carbons (Fsp3) is 0.0714. The molecule has 2 aromatic carbocycles. The van der Waals surface area contributed by atoms with Crippen LogP contribution in [0.5, 0.6) is 5.75 Å². The van der Waals surface area contributed by atoms with Gasteiger partial charge in [-0.1, -0.05) is 23.7 Å². The van der Waals surface area contributed by atoms with Crippen LogP contribution in [0.15, 0.2) is 36.4 Å². The summed E-state index contributed by atoms with van der Waals surface area (Å²) in [6, 6.07) is 8.69. The molecule has 5 heteroatoms. The van der Waals surface area contributed by atoms with Crippen LogP contribution in [0.4, 0.5) is 4.39 Å². The number of carbonyl (C=O) groups is 1. The second-order valence-electron chi connectivity index (χ2n) is 3.85. The highest BCUT2D eigenvalue weighted by Gasteiger charge is 2.13. The van der Waals surface area contributed by atoms with Gasteiger partial charge in [0.1, 0.15) is 11.6 Å². The first-order valence-electron chi connectivity index (χ1n) is 5.39. The van der Waals surface area contributed by atoms with Gasteiger partial charge in [-0.3, -0.25) is 0 Å². The number of phenols is 1. The molecule has 0 radical (unpaired) electrons. The van der Waals surface area contributed by atoms with Crippen LogP contribution >= 0.6 is 11.6 Å². The summed E-state index contributed by atoms with van der Waals surface area (Å²) in [5, 5.41) is 9.73. The van der Waals surface area contributed by atoms with Gasteiger partial charge in [0.05, 0.1) is 17.7 Å². The number of carbonyl (C=O) groups excluding carboxylic acids is 1. The van der Waals surface area contributed by atoms with Gasteiger partial charge in [-0.15, -0.1) is 0 Å². The van der Waals surface area contributed by atoms with Gasteiger partial charge in [0.2, 0.25) is 0 Å². The zero-order chi connectivity index (χ0) is 14.0. The van der Waals surface area contributed by atoms with Crippen LogP contribution in [0.2, 0.25) is 5.02 Å². The summed E-state index contributed by atoms with van der Waals surface area (Å²) in [5.41, 5.74) is 0.985. The minimum atomic E-state index is -0.733. The van der Waals surface area contributed by atoms with Crippen molar-refractivity contribution in [1.82, 2.24) is 0 Å². The SMILES string of the molecule is COC(=O)c1ccc(-c2ccc(Cl)c(O)c2)cc1F. The minimum Gasteiger partial charge on any atom is -0.506 e. The van der Waals surface area contributed by atoms with E-state index < -0.39 is 11.8 Å². The number of esters is 1. The smallest absolute Gasteiger partial charge is 0.340 e. The van der Waals surface area contributed by atoms with Gasteiger partial charge in [0.15, 0.2) is 0 Å². The second-order valence-corrected chi connectivity index (χ2v) is 4.26. The van der Waals surface area contributed by atoms with E-state index in [1.807, 2.05) is 0 Å². The van der Waals surface area contributed by atoms with Crippen molar-refractivity contribution in [2.24, 2.45) is 0 Å². The number of methoxy groups -OCH3 is 1. The molecular formula is C14H10ClFO3. The Balaban J connectivity index is 2.44. The molecule has 0 bridgehead atoms. The summed E-state index contributed by atoms with van der Waals surface area (Å²) in [7, 11) is 1.19. The Morgan fingerprint density at radius 3 is 2.42 bits per heavy atom. The highest BCUT2D eigenvalue weighted by Crippen LogP contribution is 2.30. The molecule has 0 saturated heterocycles. The van der Waals surface area contributed by atoms with Crippen LogP contribution in [0.1, 0.15) is 10.4 Å². The fourth-order valence-corrected chi connectivity index (χ4v) is 1.78. The average Bonchev–Trinajstić information content (AvgIpc) is 2.41. The van der Waals surface area contributed by atoms with E-state index in [4.69, 9.17) is 11.6 Å². The molecule has 2 aromatic rings. The summed E-state index contributed by atoms with van der Waals surface area (Å²) in [6.45, 7) is 0. The summed E-state index contributed by atoms with van der Waals surface area (Å²) in [5.74, 6) is -1.50. The number of phenolic OH excluding ortho intramolecular Hbond substituents is 1. The third-order valence-electron chi connectivity index (χ3n) is 2.65. The molecule has 0 aromatic heterocycles. The van der Waals surface area contributed by atoms with Gasteiger partial charge in [0.25, 0.3) is 0 Å². The average molecular weight is 281 g/mol. The van der Waals surface area contributed by atoms with Crippen molar-refractivity contribution in [2.45, 2.75) is 0 Å². The molecule has 0 atom stereocenters. The Labute approximate surface area is 114 Å². The van der Waals surface area contributed by atoms with Gasteiger partial charge in [-0.25, -0.2) is 9.18 Å². The van der Waals surface area contributed by atoms with Crippen LogP contribution in [-0.4, -0.2) is 18.2 Å². The molecule has 98 valence electrons. The molecule has 2 rings (SSSR count). The fourth-order valence-electron chi connectivity index (χ4n) is 1.66. The summed E-state index contributed by atoms with van der Waals surface area (Å²) >= 11 is 5.70. The number of benzene rings is 2. The summed E-state index contributed by atoms with van der Waals surface area (Å²) in [4.78, 5) is 11.3. The Hall–Kier alpha value is -2.07. The van der Waals surface area contributed by atoms with E-state index in [-0.39, 0.29) is 16.3 Å². The van der Waals surface area contributed by atoms with E-state index in [0.29, 0.717) is 11.1 Å².